The lowest BCUT2D eigenvalue weighted by Crippen LogP contribution is -2.34. The minimum absolute atomic E-state index is 0.0161. The van der Waals surface area contributed by atoms with Crippen LogP contribution in [0.5, 0.6) is 0 Å². The molecule has 4 heteroatoms. The van der Waals surface area contributed by atoms with Gasteiger partial charge in [-0.1, -0.05) is 48.0 Å². The lowest BCUT2D eigenvalue weighted by atomic mass is 10.1. The van der Waals surface area contributed by atoms with Crippen LogP contribution in [0.2, 0.25) is 5.02 Å². The molecule has 1 unspecified atom stereocenters. The highest BCUT2D eigenvalue weighted by atomic mass is 35.5. The van der Waals surface area contributed by atoms with Gasteiger partial charge in [-0.25, -0.2) is 0 Å². The topological polar surface area (TPSA) is 55.1 Å². The summed E-state index contributed by atoms with van der Waals surface area (Å²) in [7, 11) is 0. The number of hydrogen-bond donors (Lipinski definition) is 2. The average Bonchev–Trinajstić information content (AvgIpc) is 2.42. The summed E-state index contributed by atoms with van der Waals surface area (Å²) in [4.78, 5) is 12.2. The Balaban J connectivity index is 2.02. The molecule has 0 saturated carbocycles. The molecule has 0 aliphatic carbocycles. The molecule has 1 amide bonds. The van der Waals surface area contributed by atoms with Crippen molar-refractivity contribution >= 4 is 23.2 Å². The number of nitrogens with two attached hydrogens (primary N) is 1. The number of anilines is 1. The van der Waals surface area contributed by atoms with E-state index in [0.29, 0.717) is 16.3 Å². The zero-order valence-corrected chi connectivity index (χ0v) is 12.0. The highest BCUT2D eigenvalue weighted by molar-refractivity contribution is 6.36. The van der Waals surface area contributed by atoms with Crippen LogP contribution in [0.3, 0.4) is 0 Å². The van der Waals surface area contributed by atoms with Gasteiger partial charge in [-0.05, 0) is 31.0 Å². The summed E-state index contributed by atoms with van der Waals surface area (Å²) < 4.78 is 0. The molecule has 0 aliphatic rings. The maximum atomic E-state index is 12.2. The van der Waals surface area contributed by atoms with Crippen molar-refractivity contribution in [3.05, 3.63) is 64.7 Å². The van der Waals surface area contributed by atoms with E-state index in [4.69, 9.17) is 17.3 Å². The summed E-state index contributed by atoms with van der Waals surface area (Å²) in [5.41, 5.74) is 7.70. The number of carbonyl (C=O) groups excluding carboxylic acids is 1. The summed E-state index contributed by atoms with van der Waals surface area (Å²) in [6.45, 7) is 1.96. The Hall–Kier alpha value is -2.00. The lowest BCUT2D eigenvalue weighted by Gasteiger charge is -2.15. The Bertz CT molecular complexity index is 599. The molecule has 2 aromatic rings. The van der Waals surface area contributed by atoms with E-state index in [0.717, 1.165) is 6.42 Å². The van der Waals surface area contributed by atoms with Gasteiger partial charge < -0.3 is 11.1 Å². The van der Waals surface area contributed by atoms with Crippen molar-refractivity contribution in [3.8, 4) is 0 Å². The Morgan fingerprint density at radius 1 is 1.20 bits per heavy atom. The van der Waals surface area contributed by atoms with Gasteiger partial charge in [0.1, 0.15) is 0 Å². The fourth-order valence-electron chi connectivity index (χ4n) is 2.05. The van der Waals surface area contributed by atoms with Crippen LogP contribution in [-0.2, 0) is 6.42 Å². The smallest absolute Gasteiger partial charge is 0.253 e. The van der Waals surface area contributed by atoms with E-state index in [9.17, 15) is 4.79 Å². The van der Waals surface area contributed by atoms with Gasteiger partial charge in [-0.2, -0.15) is 0 Å². The van der Waals surface area contributed by atoms with Crippen molar-refractivity contribution in [1.29, 1.82) is 0 Å². The Morgan fingerprint density at radius 2 is 1.90 bits per heavy atom. The number of nitrogens with one attached hydrogen (secondary N) is 1. The highest BCUT2D eigenvalue weighted by Crippen LogP contribution is 2.23. The number of halogens is 1. The second-order valence-electron chi connectivity index (χ2n) is 4.77. The maximum Gasteiger partial charge on any atom is 0.253 e. The molecule has 0 fully saturated rings. The maximum absolute atomic E-state index is 12.2. The molecular formula is C16H17ClN2O. The number of amides is 1. The number of nitrogen functional groups attached to an aromatic ring is 1. The molecule has 2 rings (SSSR count). The molecule has 20 heavy (non-hydrogen) atoms. The summed E-state index contributed by atoms with van der Waals surface area (Å²) in [5, 5.41) is 3.24. The van der Waals surface area contributed by atoms with Crippen molar-refractivity contribution in [2.45, 2.75) is 19.4 Å². The monoisotopic (exact) mass is 288 g/mol. The zero-order valence-electron chi connectivity index (χ0n) is 11.3. The lowest BCUT2D eigenvalue weighted by molar-refractivity contribution is 0.0940. The number of rotatable bonds is 4. The molecule has 0 heterocycles. The molecule has 0 aromatic heterocycles. The van der Waals surface area contributed by atoms with Gasteiger partial charge in [0, 0.05) is 6.04 Å². The van der Waals surface area contributed by atoms with E-state index in [1.54, 1.807) is 18.2 Å². The molecule has 0 radical (unpaired) electrons. The van der Waals surface area contributed by atoms with Crippen molar-refractivity contribution < 1.29 is 4.79 Å². The van der Waals surface area contributed by atoms with Gasteiger partial charge in [0.2, 0.25) is 0 Å². The van der Waals surface area contributed by atoms with Gasteiger partial charge in [0.25, 0.3) is 5.91 Å². The van der Waals surface area contributed by atoms with E-state index in [1.807, 2.05) is 37.3 Å². The van der Waals surface area contributed by atoms with Crippen LogP contribution in [0.1, 0.15) is 22.8 Å². The highest BCUT2D eigenvalue weighted by Gasteiger charge is 2.14. The van der Waals surface area contributed by atoms with Crippen molar-refractivity contribution in [2.75, 3.05) is 5.73 Å². The molecular weight excluding hydrogens is 272 g/mol. The van der Waals surface area contributed by atoms with Crippen LogP contribution in [0.25, 0.3) is 0 Å². The minimum atomic E-state index is -0.203. The standard InChI is InChI=1S/C16H17ClN2O/c1-11(10-12-6-3-2-4-7-12)19-16(20)13-8-5-9-14(18)15(13)17/h2-9,11H,10,18H2,1H3,(H,19,20). The fourth-order valence-corrected chi connectivity index (χ4v) is 2.26. The molecule has 2 aromatic carbocycles. The van der Waals surface area contributed by atoms with Crippen LogP contribution in [-0.4, -0.2) is 11.9 Å². The van der Waals surface area contributed by atoms with Gasteiger partial charge >= 0.3 is 0 Å². The predicted octanol–water partition coefficient (Wildman–Crippen LogP) is 3.28. The van der Waals surface area contributed by atoms with Crippen LogP contribution < -0.4 is 11.1 Å². The van der Waals surface area contributed by atoms with Crippen molar-refractivity contribution in [1.82, 2.24) is 5.32 Å². The first-order valence-corrected chi connectivity index (χ1v) is 6.84. The third-order valence-corrected chi connectivity index (χ3v) is 3.46. The van der Waals surface area contributed by atoms with E-state index < -0.39 is 0 Å². The van der Waals surface area contributed by atoms with Gasteiger partial charge in [-0.3, -0.25) is 4.79 Å². The van der Waals surface area contributed by atoms with E-state index >= 15 is 0 Å². The first kappa shape index (κ1) is 14.4. The van der Waals surface area contributed by atoms with Crippen LogP contribution in [0.4, 0.5) is 5.69 Å². The summed E-state index contributed by atoms with van der Waals surface area (Å²) >= 11 is 6.05. The summed E-state index contributed by atoms with van der Waals surface area (Å²) in [5.74, 6) is -0.203. The molecule has 0 spiro atoms. The summed E-state index contributed by atoms with van der Waals surface area (Å²) in [6.07, 6.45) is 0.770. The van der Waals surface area contributed by atoms with E-state index in [2.05, 4.69) is 5.32 Å². The third kappa shape index (κ3) is 3.52. The Kier molecular flexibility index (Phi) is 4.64. The Labute approximate surface area is 123 Å². The SMILES string of the molecule is CC(Cc1ccccc1)NC(=O)c1cccc(N)c1Cl. The molecule has 3 nitrogen and oxygen atoms in total. The number of hydrogen-bond acceptors (Lipinski definition) is 2. The number of benzene rings is 2. The molecule has 0 bridgehead atoms. The largest absolute Gasteiger partial charge is 0.398 e. The van der Waals surface area contributed by atoms with Crippen LogP contribution in [0.15, 0.2) is 48.5 Å². The third-order valence-electron chi connectivity index (χ3n) is 3.04. The van der Waals surface area contributed by atoms with Crippen LogP contribution in [0, 0.1) is 0 Å². The summed E-state index contributed by atoms with van der Waals surface area (Å²) in [6, 6.07) is 15.1. The zero-order chi connectivity index (χ0) is 14.5. The molecule has 104 valence electrons. The molecule has 0 saturated heterocycles. The Morgan fingerprint density at radius 3 is 2.60 bits per heavy atom. The molecule has 1 atom stereocenters. The number of carbonyl (C=O) groups is 1. The fraction of sp³-hybridized carbons (Fsp3) is 0.188. The van der Waals surface area contributed by atoms with E-state index in [-0.39, 0.29) is 11.9 Å². The van der Waals surface area contributed by atoms with Crippen molar-refractivity contribution in [3.63, 3.8) is 0 Å². The van der Waals surface area contributed by atoms with Gasteiger partial charge in [0.15, 0.2) is 0 Å². The minimum Gasteiger partial charge on any atom is -0.398 e. The first-order chi connectivity index (χ1) is 9.58. The van der Waals surface area contributed by atoms with Gasteiger partial charge in [0.05, 0.1) is 16.3 Å². The van der Waals surface area contributed by atoms with Crippen LogP contribution >= 0.6 is 11.6 Å². The molecule has 3 N–H and O–H groups in total. The van der Waals surface area contributed by atoms with Gasteiger partial charge in [-0.15, -0.1) is 0 Å². The second kappa shape index (κ2) is 6.44. The normalized spacial score (nSPS) is 11.9. The van der Waals surface area contributed by atoms with Crippen molar-refractivity contribution in [2.24, 2.45) is 0 Å². The second-order valence-corrected chi connectivity index (χ2v) is 5.15. The first-order valence-electron chi connectivity index (χ1n) is 6.46. The quantitative estimate of drug-likeness (QED) is 0.848. The predicted molar refractivity (Wildman–Crippen MR) is 82.9 cm³/mol. The average molecular weight is 289 g/mol. The van der Waals surface area contributed by atoms with E-state index in [1.165, 1.54) is 5.56 Å². The molecule has 0 aliphatic heterocycles.